The highest BCUT2D eigenvalue weighted by molar-refractivity contribution is 6.58. The van der Waals surface area contributed by atoms with Crippen molar-refractivity contribution in [2.75, 3.05) is 19.0 Å². The number of rotatable bonds is 3. The fourth-order valence-electron chi connectivity index (χ4n) is 1.54. The van der Waals surface area contributed by atoms with E-state index in [0.717, 1.165) is 18.1 Å². The number of anilines is 1. The van der Waals surface area contributed by atoms with E-state index in [9.17, 15) is 13.2 Å². The van der Waals surface area contributed by atoms with Crippen molar-refractivity contribution in [3.63, 3.8) is 0 Å². The van der Waals surface area contributed by atoms with Crippen molar-refractivity contribution in [3.8, 4) is 0 Å². The molecule has 0 atom stereocenters. The van der Waals surface area contributed by atoms with Crippen molar-refractivity contribution in [1.29, 1.82) is 0 Å². The molecule has 6 N–H and O–H groups in total. The van der Waals surface area contributed by atoms with E-state index < -0.39 is 26.1 Å². The van der Waals surface area contributed by atoms with E-state index in [-0.39, 0.29) is 10.9 Å². The zero-order valence-corrected chi connectivity index (χ0v) is 13.9. The maximum Gasteiger partial charge on any atom is 0.490 e. The van der Waals surface area contributed by atoms with Gasteiger partial charge in [-0.3, -0.25) is 4.98 Å². The molecule has 0 aliphatic carbocycles. The molecule has 0 aliphatic rings. The lowest BCUT2D eigenvalue weighted by molar-refractivity contribution is -0.141. The molecule has 2 rings (SSSR count). The lowest BCUT2D eigenvalue weighted by atomic mass is 9.82. The smallest absolute Gasteiger partial charge is 0.423 e. The van der Waals surface area contributed by atoms with Gasteiger partial charge < -0.3 is 30.5 Å². The maximum atomic E-state index is 11.9. The topological polar surface area (TPSA) is 141 Å². The summed E-state index contributed by atoms with van der Waals surface area (Å²) in [6.07, 6.45) is -2.29. The molecule has 8 nitrogen and oxygen atoms in total. The Balaban J connectivity index is 0.000000464. The van der Waals surface area contributed by atoms with Crippen LogP contribution in [0.4, 0.5) is 19.0 Å². The normalized spacial score (nSPS) is 10.2. The van der Waals surface area contributed by atoms with Crippen LogP contribution in [0.15, 0.2) is 36.7 Å². The van der Waals surface area contributed by atoms with Crippen LogP contribution in [0.5, 0.6) is 0 Å². The van der Waals surface area contributed by atoms with E-state index in [1.54, 1.807) is 12.1 Å². The molecular weight excluding hydrogens is 357 g/mol. The Labute approximate surface area is 148 Å². The summed E-state index contributed by atoms with van der Waals surface area (Å²) in [5.74, 6) is 0.791. The molecule has 13 heteroatoms. The Morgan fingerprint density at radius 3 is 1.58 bits per heavy atom. The first-order valence-corrected chi connectivity index (χ1v) is 6.91. The third kappa shape index (κ3) is 7.37. The van der Waals surface area contributed by atoms with Crippen LogP contribution in [0.25, 0.3) is 0 Å². The molecule has 0 saturated heterocycles. The Bertz CT molecular complexity index is 629. The van der Waals surface area contributed by atoms with Gasteiger partial charge in [-0.1, -0.05) is 12.1 Å². The predicted molar refractivity (Wildman–Crippen MR) is 91.1 cm³/mol. The Morgan fingerprint density at radius 1 is 0.846 bits per heavy atom. The summed E-state index contributed by atoms with van der Waals surface area (Å²) in [5.41, 5.74) is -0.731. The number of halogens is 3. The van der Waals surface area contributed by atoms with Crippen LogP contribution in [-0.4, -0.2) is 63.9 Å². The van der Waals surface area contributed by atoms with Crippen molar-refractivity contribution < 1.29 is 38.7 Å². The number of alkyl halides is 3. The van der Waals surface area contributed by atoms with Crippen LogP contribution in [0.2, 0.25) is 0 Å². The molecular formula is C13H18B2F3N3O5. The fraction of sp³-hybridized carbons (Fsp3) is 0.231. The summed E-state index contributed by atoms with van der Waals surface area (Å²) in [5, 5.41) is 34.6. The van der Waals surface area contributed by atoms with Crippen LogP contribution in [0.3, 0.4) is 0 Å². The van der Waals surface area contributed by atoms with Gasteiger partial charge in [0.05, 0.1) is 0 Å². The highest BCUT2D eigenvalue weighted by Gasteiger charge is 2.32. The fourth-order valence-corrected chi connectivity index (χ4v) is 1.54. The van der Waals surface area contributed by atoms with Crippen LogP contribution in [0, 0.1) is 0 Å². The monoisotopic (exact) mass is 375 g/mol. The van der Waals surface area contributed by atoms with Crippen LogP contribution in [-0.2, 0) is 6.18 Å². The average molecular weight is 375 g/mol. The summed E-state index contributed by atoms with van der Waals surface area (Å²) in [6, 6.07) is 5.01. The first-order valence-electron chi connectivity index (χ1n) is 6.91. The molecule has 2 aromatic heterocycles. The molecule has 0 spiro atoms. The lowest BCUT2D eigenvalue weighted by Gasteiger charge is -2.10. The Kier molecular flexibility index (Phi) is 9.24. The van der Waals surface area contributed by atoms with Gasteiger partial charge in [-0.15, -0.1) is 0 Å². The molecule has 0 aromatic carbocycles. The predicted octanol–water partition coefficient (Wildman–Crippen LogP) is -2.22. The van der Waals surface area contributed by atoms with Crippen molar-refractivity contribution in [2.24, 2.45) is 0 Å². The number of aromatic nitrogens is 2. The SMILES string of the molecule is CN(C)c1ccc(B(O)O)cn1.O.OB(O)c1ccc(C(F)(F)F)nc1. The van der Waals surface area contributed by atoms with Gasteiger partial charge in [-0.25, -0.2) is 4.98 Å². The summed E-state index contributed by atoms with van der Waals surface area (Å²) in [4.78, 5) is 8.87. The molecule has 142 valence electrons. The first kappa shape index (κ1) is 23.8. The standard InChI is InChI=1S/C7H11BN2O2.C6H5BF3NO2.H2O/c1-10(2)7-4-3-6(5-9-7)8(11)12;8-6(9,10)5-2-1-4(3-11-5)7(12)13;/h3-5,11-12H,1-2H3;1-3,12-13H;1H2. The highest BCUT2D eigenvalue weighted by Crippen LogP contribution is 2.26. The Hall–Kier alpha value is -2.18. The van der Waals surface area contributed by atoms with E-state index in [0.29, 0.717) is 11.5 Å². The summed E-state index contributed by atoms with van der Waals surface area (Å²) >= 11 is 0. The lowest BCUT2D eigenvalue weighted by Crippen LogP contribution is -2.30. The molecule has 2 aromatic rings. The number of hydrogen-bond donors (Lipinski definition) is 4. The molecule has 0 saturated carbocycles. The van der Waals surface area contributed by atoms with Crippen LogP contribution >= 0.6 is 0 Å². The quantitative estimate of drug-likeness (QED) is 0.446. The minimum atomic E-state index is -4.50. The van der Waals surface area contributed by atoms with E-state index in [1.165, 1.54) is 6.20 Å². The van der Waals surface area contributed by atoms with Crippen molar-refractivity contribution >= 4 is 31.0 Å². The second kappa shape index (κ2) is 10.1. The molecule has 0 aliphatic heterocycles. The van der Waals surface area contributed by atoms with Gasteiger partial charge in [0.1, 0.15) is 11.5 Å². The minimum Gasteiger partial charge on any atom is -0.423 e. The van der Waals surface area contributed by atoms with Gasteiger partial charge in [0, 0.05) is 37.4 Å². The van der Waals surface area contributed by atoms with E-state index in [1.807, 2.05) is 19.0 Å². The van der Waals surface area contributed by atoms with E-state index >= 15 is 0 Å². The van der Waals surface area contributed by atoms with E-state index in [2.05, 4.69) is 9.97 Å². The van der Waals surface area contributed by atoms with Crippen molar-refractivity contribution in [1.82, 2.24) is 9.97 Å². The van der Waals surface area contributed by atoms with Gasteiger partial charge >= 0.3 is 20.4 Å². The zero-order chi connectivity index (χ0) is 19.2. The number of nitrogens with zero attached hydrogens (tertiary/aromatic N) is 3. The minimum absolute atomic E-state index is 0. The molecule has 0 amide bonds. The number of hydrogen-bond acceptors (Lipinski definition) is 7. The second-order valence-electron chi connectivity index (χ2n) is 5.07. The van der Waals surface area contributed by atoms with E-state index in [4.69, 9.17) is 20.1 Å². The molecule has 0 unspecified atom stereocenters. The average Bonchev–Trinajstić information content (AvgIpc) is 2.54. The highest BCUT2D eigenvalue weighted by atomic mass is 19.4. The molecule has 0 radical (unpaired) electrons. The second-order valence-corrected chi connectivity index (χ2v) is 5.07. The summed E-state index contributed by atoms with van der Waals surface area (Å²) in [7, 11) is 0.512. The van der Waals surface area contributed by atoms with Gasteiger partial charge in [-0.2, -0.15) is 13.2 Å². The molecule has 0 fully saturated rings. The number of pyridine rings is 2. The first-order chi connectivity index (χ1) is 11.5. The molecule has 2 heterocycles. The summed E-state index contributed by atoms with van der Waals surface area (Å²) < 4.78 is 35.8. The van der Waals surface area contributed by atoms with Crippen LogP contribution < -0.4 is 15.8 Å². The third-order valence-corrected chi connectivity index (χ3v) is 2.90. The summed E-state index contributed by atoms with van der Waals surface area (Å²) in [6.45, 7) is 0. The van der Waals surface area contributed by atoms with Gasteiger partial charge in [0.25, 0.3) is 0 Å². The zero-order valence-electron chi connectivity index (χ0n) is 13.9. The molecule has 26 heavy (non-hydrogen) atoms. The van der Waals surface area contributed by atoms with Gasteiger partial charge in [0.15, 0.2) is 0 Å². The van der Waals surface area contributed by atoms with Crippen LogP contribution in [0.1, 0.15) is 5.69 Å². The third-order valence-electron chi connectivity index (χ3n) is 2.90. The largest absolute Gasteiger partial charge is 0.490 e. The van der Waals surface area contributed by atoms with Gasteiger partial charge in [0.2, 0.25) is 0 Å². The Morgan fingerprint density at radius 2 is 1.31 bits per heavy atom. The maximum absolute atomic E-state index is 11.9. The van der Waals surface area contributed by atoms with Crippen molar-refractivity contribution in [3.05, 3.63) is 42.4 Å². The van der Waals surface area contributed by atoms with Gasteiger partial charge in [-0.05, 0) is 12.1 Å². The molecule has 0 bridgehead atoms. The van der Waals surface area contributed by atoms with Crippen molar-refractivity contribution in [2.45, 2.75) is 6.18 Å².